The summed E-state index contributed by atoms with van der Waals surface area (Å²) in [5.74, 6) is 0. The number of nitrogens with one attached hydrogen (secondary N) is 1. The molecule has 0 radical (unpaired) electrons. The summed E-state index contributed by atoms with van der Waals surface area (Å²) in [6.07, 6.45) is 1.07. The lowest BCUT2D eigenvalue weighted by molar-refractivity contribution is 1.23. The van der Waals surface area contributed by atoms with Crippen molar-refractivity contribution in [1.29, 1.82) is 0 Å². The van der Waals surface area contributed by atoms with E-state index < -0.39 is 0 Å². The van der Waals surface area contributed by atoms with E-state index in [1.165, 1.54) is 38.9 Å². The molecular weight excluding hydrogens is 206 g/mol. The normalized spacial score (nSPS) is 12.8. The zero-order chi connectivity index (χ0) is 11.4. The van der Waals surface area contributed by atoms with Crippen LogP contribution in [0.2, 0.25) is 0 Å². The molecule has 1 N–H and O–H groups in total. The van der Waals surface area contributed by atoms with E-state index >= 15 is 0 Å². The van der Waals surface area contributed by atoms with Gasteiger partial charge in [0, 0.05) is 22.9 Å². The van der Waals surface area contributed by atoms with Crippen molar-refractivity contribution < 1.29 is 0 Å². The molecule has 1 aliphatic carbocycles. The van der Waals surface area contributed by atoms with Gasteiger partial charge < -0.3 is 4.98 Å². The van der Waals surface area contributed by atoms with Crippen molar-refractivity contribution in [3.63, 3.8) is 0 Å². The van der Waals surface area contributed by atoms with Crippen LogP contribution in [0.4, 0.5) is 0 Å². The molecule has 4 rings (SSSR count). The minimum absolute atomic E-state index is 1.07. The number of rotatable bonds is 0. The topological polar surface area (TPSA) is 15.8 Å². The number of aromatic nitrogens is 1. The number of fused-ring (bicyclic) bond motifs is 5. The maximum absolute atomic E-state index is 3.56. The van der Waals surface area contributed by atoms with E-state index in [0.717, 1.165) is 6.42 Å². The number of H-pyrrole nitrogens is 1. The third-order valence-electron chi connectivity index (χ3n) is 3.85. The Balaban J connectivity index is 2.10. The maximum atomic E-state index is 3.56. The average molecular weight is 219 g/mol. The van der Waals surface area contributed by atoms with Crippen molar-refractivity contribution in [3.05, 3.63) is 59.2 Å². The zero-order valence-corrected chi connectivity index (χ0v) is 9.75. The van der Waals surface area contributed by atoms with E-state index in [-0.39, 0.29) is 0 Å². The highest BCUT2D eigenvalue weighted by Crippen LogP contribution is 2.41. The fourth-order valence-corrected chi connectivity index (χ4v) is 2.96. The van der Waals surface area contributed by atoms with Crippen molar-refractivity contribution in [1.82, 2.24) is 4.98 Å². The minimum Gasteiger partial charge on any atom is -0.354 e. The smallest absolute Gasteiger partial charge is 0.0503 e. The van der Waals surface area contributed by atoms with Crippen molar-refractivity contribution in [2.45, 2.75) is 13.3 Å². The van der Waals surface area contributed by atoms with Gasteiger partial charge in [-0.25, -0.2) is 0 Å². The summed E-state index contributed by atoms with van der Waals surface area (Å²) in [6.45, 7) is 2.20. The van der Waals surface area contributed by atoms with E-state index in [0.29, 0.717) is 0 Å². The average Bonchev–Trinajstić information content (AvgIpc) is 2.87. The molecule has 3 aromatic rings. The van der Waals surface area contributed by atoms with E-state index in [2.05, 4.69) is 54.4 Å². The molecule has 82 valence electrons. The van der Waals surface area contributed by atoms with Crippen LogP contribution < -0.4 is 0 Å². The van der Waals surface area contributed by atoms with Crippen LogP contribution in [0.15, 0.2) is 42.5 Å². The largest absolute Gasteiger partial charge is 0.354 e. The van der Waals surface area contributed by atoms with E-state index in [9.17, 15) is 0 Å². The molecule has 1 nitrogen and oxygen atoms in total. The molecule has 0 bridgehead atoms. The molecule has 0 aliphatic heterocycles. The second kappa shape index (κ2) is 3.01. The van der Waals surface area contributed by atoms with Crippen LogP contribution in [0.5, 0.6) is 0 Å². The highest BCUT2D eigenvalue weighted by atomic mass is 14.7. The van der Waals surface area contributed by atoms with Gasteiger partial charge in [0.1, 0.15) is 0 Å². The first kappa shape index (κ1) is 9.06. The van der Waals surface area contributed by atoms with Crippen LogP contribution in [0.1, 0.15) is 16.7 Å². The van der Waals surface area contributed by atoms with Gasteiger partial charge in [0.15, 0.2) is 0 Å². The van der Waals surface area contributed by atoms with E-state index in [4.69, 9.17) is 0 Å². The van der Waals surface area contributed by atoms with Gasteiger partial charge in [0.2, 0.25) is 0 Å². The number of para-hydroxylation sites is 1. The van der Waals surface area contributed by atoms with Gasteiger partial charge in [-0.15, -0.1) is 0 Å². The van der Waals surface area contributed by atoms with Crippen molar-refractivity contribution in [2.75, 3.05) is 0 Å². The Morgan fingerprint density at radius 3 is 2.76 bits per heavy atom. The minimum atomic E-state index is 1.07. The Morgan fingerprint density at radius 1 is 0.941 bits per heavy atom. The van der Waals surface area contributed by atoms with Gasteiger partial charge in [-0.1, -0.05) is 36.4 Å². The molecule has 1 aromatic heterocycles. The summed E-state index contributed by atoms with van der Waals surface area (Å²) >= 11 is 0. The molecule has 0 spiro atoms. The van der Waals surface area contributed by atoms with Gasteiger partial charge in [-0.3, -0.25) is 0 Å². The Labute approximate surface area is 100 Å². The van der Waals surface area contributed by atoms with Crippen molar-refractivity contribution in [3.8, 4) is 11.3 Å². The zero-order valence-electron chi connectivity index (χ0n) is 9.75. The first-order chi connectivity index (χ1) is 8.34. The predicted molar refractivity (Wildman–Crippen MR) is 71.3 cm³/mol. The fraction of sp³-hybridized carbons (Fsp3) is 0.125. The van der Waals surface area contributed by atoms with Gasteiger partial charge in [-0.2, -0.15) is 0 Å². The molecule has 0 unspecified atom stereocenters. The molecule has 0 saturated carbocycles. The van der Waals surface area contributed by atoms with E-state index in [1.807, 2.05) is 0 Å². The summed E-state index contributed by atoms with van der Waals surface area (Å²) in [5, 5.41) is 1.37. The summed E-state index contributed by atoms with van der Waals surface area (Å²) in [6, 6.07) is 15.2. The predicted octanol–water partition coefficient (Wildman–Crippen LogP) is 4.05. The molecule has 1 heteroatoms. The molecule has 0 amide bonds. The van der Waals surface area contributed by atoms with Crippen LogP contribution in [0.3, 0.4) is 0 Å². The number of aryl methyl sites for hydroxylation is 1. The second-order valence-electron chi connectivity index (χ2n) is 4.80. The van der Waals surface area contributed by atoms with Gasteiger partial charge >= 0.3 is 0 Å². The lowest BCUT2D eigenvalue weighted by Crippen LogP contribution is -1.86. The number of hydrogen-bond acceptors (Lipinski definition) is 0. The first-order valence-corrected chi connectivity index (χ1v) is 6.03. The highest BCUT2D eigenvalue weighted by Gasteiger charge is 2.23. The van der Waals surface area contributed by atoms with E-state index in [1.54, 1.807) is 0 Å². The Bertz CT molecular complexity index is 734. The third kappa shape index (κ3) is 1.09. The molecule has 0 atom stereocenters. The molecule has 0 saturated heterocycles. The Hall–Kier alpha value is -2.02. The lowest BCUT2D eigenvalue weighted by Gasteiger charge is -2.03. The van der Waals surface area contributed by atoms with Crippen molar-refractivity contribution in [2.24, 2.45) is 0 Å². The molecule has 1 aliphatic rings. The summed E-state index contributed by atoms with van der Waals surface area (Å²) in [4.78, 5) is 3.56. The van der Waals surface area contributed by atoms with Gasteiger partial charge in [0.25, 0.3) is 0 Å². The SMILES string of the molecule is Cc1cccc2c1Cc1c-2[nH]c2ccccc12. The number of aromatic amines is 1. The first-order valence-electron chi connectivity index (χ1n) is 6.03. The summed E-state index contributed by atoms with van der Waals surface area (Å²) in [7, 11) is 0. The highest BCUT2D eigenvalue weighted by molar-refractivity contribution is 5.94. The molecule has 1 heterocycles. The number of benzene rings is 2. The summed E-state index contributed by atoms with van der Waals surface area (Å²) in [5.41, 5.74) is 8.31. The molecule has 17 heavy (non-hydrogen) atoms. The van der Waals surface area contributed by atoms with Crippen LogP contribution in [-0.2, 0) is 6.42 Å². The molecule has 2 aromatic carbocycles. The third-order valence-corrected chi connectivity index (χ3v) is 3.85. The lowest BCUT2D eigenvalue weighted by atomic mass is 10.0. The van der Waals surface area contributed by atoms with Crippen LogP contribution in [0, 0.1) is 6.92 Å². The van der Waals surface area contributed by atoms with Crippen LogP contribution >= 0.6 is 0 Å². The Morgan fingerprint density at radius 2 is 1.82 bits per heavy atom. The van der Waals surface area contributed by atoms with Crippen LogP contribution in [0.25, 0.3) is 22.2 Å². The quantitative estimate of drug-likeness (QED) is 0.459. The Kier molecular flexibility index (Phi) is 1.60. The fourth-order valence-electron chi connectivity index (χ4n) is 2.96. The van der Waals surface area contributed by atoms with Crippen molar-refractivity contribution >= 4 is 10.9 Å². The van der Waals surface area contributed by atoms with Crippen LogP contribution in [-0.4, -0.2) is 4.98 Å². The standard InChI is InChI=1S/C16H13N/c1-10-5-4-7-12-13(10)9-14-11-6-2-3-8-15(11)17-16(12)14/h2-8,17H,9H2,1H3. The summed E-state index contributed by atoms with van der Waals surface area (Å²) < 4.78 is 0. The molecule has 0 fully saturated rings. The number of hydrogen-bond donors (Lipinski definition) is 1. The van der Waals surface area contributed by atoms with Gasteiger partial charge in [0.05, 0.1) is 5.69 Å². The maximum Gasteiger partial charge on any atom is 0.0503 e. The second-order valence-corrected chi connectivity index (χ2v) is 4.80. The monoisotopic (exact) mass is 219 g/mol. The van der Waals surface area contributed by atoms with Gasteiger partial charge in [-0.05, 0) is 29.7 Å². The molecular formula is C16H13N.